The molecule has 0 aromatic carbocycles. The summed E-state index contributed by atoms with van der Waals surface area (Å²) in [6, 6.07) is 0.0694. The van der Waals surface area contributed by atoms with Crippen molar-refractivity contribution in [2.24, 2.45) is 11.3 Å². The highest BCUT2D eigenvalue weighted by Crippen LogP contribution is 2.27. The molecule has 0 aliphatic rings. The van der Waals surface area contributed by atoms with Gasteiger partial charge in [0.05, 0.1) is 22.8 Å². The molecule has 0 aliphatic carbocycles. The molecule has 0 amide bonds. The Balaban J connectivity index is 2.83. The molecule has 0 radical (unpaired) electrons. The Morgan fingerprint density at radius 3 is 2.33 bits per heavy atom. The fraction of sp³-hybridized carbons (Fsp3) is 0.769. The second kappa shape index (κ2) is 6.10. The molecule has 1 aromatic heterocycles. The molecule has 1 rings (SSSR count). The molecule has 3 N–H and O–H groups in total. The Kier molecular flexibility index (Phi) is 5.28. The van der Waals surface area contributed by atoms with Crippen LogP contribution in [0.4, 0.5) is 0 Å². The third-order valence-corrected chi connectivity index (χ3v) is 4.25. The minimum atomic E-state index is 0.0349. The monoisotopic (exact) mass is 271 g/mol. The average molecular weight is 271 g/mol. The average Bonchev–Trinajstić information content (AvgIpc) is 2.55. The van der Waals surface area contributed by atoms with Crippen LogP contribution in [0.1, 0.15) is 36.3 Å². The van der Waals surface area contributed by atoms with Crippen molar-refractivity contribution in [1.29, 1.82) is 0 Å². The first kappa shape index (κ1) is 15.6. The third kappa shape index (κ3) is 3.75. The quantitative estimate of drug-likeness (QED) is 0.636. The van der Waals surface area contributed by atoms with Crippen LogP contribution in [-0.2, 0) is 11.2 Å². The lowest BCUT2D eigenvalue weighted by atomic mass is 9.83. The molecule has 1 aromatic rings. The number of hydrogen-bond donors (Lipinski definition) is 2. The summed E-state index contributed by atoms with van der Waals surface area (Å²) in [5, 5.41) is 1.11. The van der Waals surface area contributed by atoms with E-state index in [1.807, 2.05) is 6.92 Å². The van der Waals surface area contributed by atoms with Gasteiger partial charge in [-0.15, -0.1) is 11.3 Å². The summed E-state index contributed by atoms with van der Waals surface area (Å²) in [6.07, 6.45) is 0.845. The van der Waals surface area contributed by atoms with E-state index in [2.05, 4.69) is 38.1 Å². The van der Waals surface area contributed by atoms with Crippen LogP contribution in [-0.4, -0.2) is 24.2 Å². The van der Waals surface area contributed by atoms with Gasteiger partial charge in [-0.2, -0.15) is 0 Å². The molecule has 4 nitrogen and oxygen atoms in total. The Bertz CT molecular complexity index is 365. The van der Waals surface area contributed by atoms with Gasteiger partial charge in [-0.1, -0.05) is 20.8 Å². The molecule has 1 heterocycles. The summed E-state index contributed by atoms with van der Waals surface area (Å²) < 4.78 is 5.61. The van der Waals surface area contributed by atoms with Crippen molar-refractivity contribution in [3.63, 3.8) is 0 Å². The predicted molar refractivity (Wildman–Crippen MR) is 76.7 cm³/mol. The molecule has 5 heteroatoms. The smallest absolute Gasteiger partial charge is 0.0947 e. The summed E-state index contributed by atoms with van der Waals surface area (Å²) in [5.41, 5.74) is 4.02. The van der Waals surface area contributed by atoms with Gasteiger partial charge in [0.15, 0.2) is 0 Å². The van der Waals surface area contributed by atoms with E-state index in [9.17, 15) is 0 Å². The molecule has 2 unspecified atom stereocenters. The molecule has 0 spiro atoms. The highest BCUT2D eigenvalue weighted by molar-refractivity contribution is 7.11. The maximum absolute atomic E-state index is 5.69. The summed E-state index contributed by atoms with van der Waals surface area (Å²) >= 11 is 1.73. The van der Waals surface area contributed by atoms with Gasteiger partial charge in [0, 0.05) is 18.4 Å². The summed E-state index contributed by atoms with van der Waals surface area (Å²) in [4.78, 5) is 5.83. The van der Waals surface area contributed by atoms with Crippen LogP contribution in [0.3, 0.4) is 0 Å². The summed E-state index contributed by atoms with van der Waals surface area (Å²) in [6.45, 7) is 10.6. The largest absolute Gasteiger partial charge is 0.379 e. The number of methoxy groups -OCH3 is 1. The first-order valence-electron chi connectivity index (χ1n) is 6.21. The number of hydrazine groups is 1. The van der Waals surface area contributed by atoms with Gasteiger partial charge in [-0.05, 0) is 19.3 Å². The van der Waals surface area contributed by atoms with Crippen molar-refractivity contribution in [3.8, 4) is 0 Å². The topological polar surface area (TPSA) is 60.2 Å². The lowest BCUT2D eigenvalue weighted by Crippen LogP contribution is -2.51. The number of nitrogens with zero attached hydrogens (tertiary/aromatic N) is 1. The Hall–Kier alpha value is -0.490. The van der Waals surface area contributed by atoms with E-state index in [-0.39, 0.29) is 17.6 Å². The third-order valence-electron chi connectivity index (χ3n) is 3.15. The highest BCUT2D eigenvalue weighted by Gasteiger charge is 2.32. The van der Waals surface area contributed by atoms with E-state index >= 15 is 0 Å². The van der Waals surface area contributed by atoms with Crippen LogP contribution in [0.2, 0.25) is 0 Å². The van der Waals surface area contributed by atoms with Crippen molar-refractivity contribution in [3.05, 3.63) is 15.6 Å². The van der Waals surface area contributed by atoms with Crippen LogP contribution in [0.15, 0.2) is 0 Å². The molecule has 0 aliphatic heterocycles. The molecule has 18 heavy (non-hydrogen) atoms. The Morgan fingerprint density at radius 2 is 2.00 bits per heavy atom. The zero-order valence-corrected chi connectivity index (χ0v) is 13.0. The molecular formula is C13H25N3OS. The van der Waals surface area contributed by atoms with E-state index in [1.165, 1.54) is 4.88 Å². The minimum Gasteiger partial charge on any atom is -0.379 e. The number of thiazole rings is 1. The normalized spacial score (nSPS) is 15.7. The van der Waals surface area contributed by atoms with Gasteiger partial charge in [0.1, 0.15) is 0 Å². The van der Waals surface area contributed by atoms with Gasteiger partial charge < -0.3 is 4.74 Å². The fourth-order valence-corrected chi connectivity index (χ4v) is 3.18. The van der Waals surface area contributed by atoms with Crippen molar-refractivity contribution in [2.45, 2.75) is 53.2 Å². The number of hydrogen-bond acceptors (Lipinski definition) is 5. The second-order valence-electron chi connectivity index (χ2n) is 5.75. The Labute approximate surface area is 114 Å². The molecular weight excluding hydrogens is 246 g/mol. The van der Waals surface area contributed by atoms with Crippen LogP contribution >= 0.6 is 11.3 Å². The van der Waals surface area contributed by atoms with E-state index in [0.717, 1.165) is 17.1 Å². The van der Waals surface area contributed by atoms with Crippen molar-refractivity contribution in [2.75, 3.05) is 7.11 Å². The van der Waals surface area contributed by atoms with Crippen molar-refractivity contribution in [1.82, 2.24) is 10.4 Å². The molecule has 0 saturated carbocycles. The second-order valence-corrected chi connectivity index (χ2v) is 7.04. The van der Waals surface area contributed by atoms with Crippen molar-refractivity contribution >= 4 is 11.3 Å². The first-order chi connectivity index (χ1) is 8.29. The summed E-state index contributed by atoms with van der Waals surface area (Å²) in [7, 11) is 1.73. The minimum absolute atomic E-state index is 0.0349. The number of ether oxygens (including phenoxy) is 1. The number of nitrogens with two attached hydrogens (primary N) is 1. The zero-order valence-electron chi connectivity index (χ0n) is 12.2. The summed E-state index contributed by atoms with van der Waals surface area (Å²) in [5.74, 6) is 5.69. The van der Waals surface area contributed by atoms with Gasteiger partial charge in [0.2, 0.25) is 0 Å². The maximum Gasteiger partial charge on any atom is 0.0947 e. The van der Waals surface area contributed by atoms with E-state index in [4.69, 9.17) is 10.6 Å². The predicted octanol–water partition coefficient (Wildman–Crippen LogP) is 2.20. The molecule has 0 fully saturated rings. The molecule has 0 saturated heterocycles. The van der Waals surface area contributed by atoms with Crippen LogP contribution < -0.4 is 11.3 Å². The van der Waals surface area contributed by atoms with Gasteiger partial charge in [-0.25, -0.2) is 4.98 Å². The van der Waals surface area contributed by atoms with Gasteiger partial charge in [-0.3, -0.25) is 11.3 Å². The highest BCUT2D eigenvalue weighted by atomic mass is 32.1. The lowest BCUT2D eigenvalue weighted by Gasteiger charge is -2.35. The van der Waals surface area contributed by atoms with Crippen molar-refractivity contribution < 1.29 is 4.74 Å². The molecule has 104 valence electrons. The molecule has 0 bridgehead atoms. The first-order valence-corrected chi connectivity index (χ1v) is 7.03. The van der Waals surface area contributed by atoms with Gasteiger partial charge >= 0.3 is 0 Å². The number of rotatable bonds is 5. The Morgan fingerprint density at radius 1 is 1.39 bits per heavy atom. The SMILES string of the molecule is COC(C(Cc1nc(C)c(C)s1)NN)C(C)(C)C. The zero-order chi connectivity index (χ0) is 13.9. The van der Waals surface area contributed by atoms with E-state index in [1.54, 1.807) is 18.4 Å². The number of aromatic nitrogens is 1. The van der Waals surface area contributed by atoms with Crippen LogP contribution in [0.25, 0.3) is 0 Å². The van der Waals surface area contributed by atoms with E-state index < -0.39 is 0 Å². The van der Waals surface area contributed by atoms with Crippen LogP contribution in [0, 0.1) is 19.3 Å². The molecule has 2 atom stereocenters. The number of nitrogens with one attached hydrogen (secondary N) is 1. The standard InChI is InChI=1S/C13H25N3OS/c1-8-9(2)18-11(15-8)7-10(16-14)12(17-6)13(3,4)5/h10,12,16H,7,14H2,1-6H3. The van der Waals surface area contributed by atoms with Gasteiger partial charge in [0.25, 0.3) is 0 Å². The maximum atomic E-state index is 5.69. The van der Waals surface area contributed by atoms with Crippen LogP contribution in [0.5, 0.6) is 0 Å². The van der Waals surface area contributed by atoms with E-state index in [0.29, 0.717) is 0 Å². The lowest BCUT2D eigenvalue weighted by molar-refractivity contribution is -0.0110. The number of aryl methyl sites for hydroxylation is 2. The fourth-order valence-electron chi connectivity index (χ4n) is 2.19.